The van der Waals surface area contributed by atoms with E-state index in [9.17, 15) is 14.4 Å². The molecular weight excluding hydrogens is 368 g/mol. The molecule has 2 aromatic rings. The van der Waals surface area contributed by atoms with Crippen LogP contribution in [0.1, 0.15) is 51.0 Å². The molecule has 1 amide bonds. The number of hydrogen-bond acceptors (Lipinski definition) is 6. The molecule has 0 aliphatic heterocycles. The first-order valence-electron chi connectivity index (χ1n) is 8.91. The Bertz CT molecular complexity index is 1020. The van der Waals surface area contributed by atoms with E-state index in [2.05, 4.69) is 10.9 Å². The maximum atomic E-state index is 13.0. The lowest BCUT2D eigenvalue weighted by Crippen LogP contribution is -2.43. The molecule has 0 atom stereocenters. The Balaban J connectivity index is 1.89. The minimum atomic E-state index is -0.582. The third-order valence-corrected chi connectivity index (χ3v) is 6.15. The van der Waals surface area contributed by atoms with E-state index in [1.807, 2.05) is 13.8 Å². The van der Waals surface area contributed by atoms with Crippen molar-refractivity contribution in [2.45, 2.75) is 65.1 Å². The summed E-state index contributed by atoms with van der Waals surface area (Å²) in [4.78, 5) is 39.0. The first-order valence-corrected chi connectivity index (χ1v) is 9.72. The van der Waals surface area contributed by atoms with Gasteiger partial charge in [0.25, 0.3) is 5.56 Å². The fourth-order valence-corrected chi connectivity index (χ4v) is 4.21. The van der Waals surface area contributed by atoms with Crippen molar-refractivity contribution < 1.29 is 9.53 Å². The van der Waals surface area contributed by atoms with E-state index in [-0.39, 0.29) is 16.8 Å². The van der Waals surface area contributed by atoms with Crippen molar-refractivity contribution >= 4 is 27.6 Å². The fourth-order valence-electron chi connectivity index (χ4n) is 3.02. The molecule has 0 saturated heterocycles. The zero-order chi connectivity index (χ0) is 20.1. The minimum Gasteiger partial charge on any atom is -0.443 e. The molecule has 2 N–H and O–H groups in total. The van der Waals surface area contributed by atoms with Gasteiger partial charge in [-0.05, 0) is 53.0 Å². The van der Waals surface area contributed by atoms with E-state index in [0.717, 1.165) is 23.3 Å². The summed E-state index contributed by atoms with van der Waals surface area (Å²) in [5, 5.41) is 0.573. The molecule has 148 valence electrons. The van der Waals surface area contributed by atoms with E-state index >= 15 is 0 Å². The molecule has 0 spiro atoms. The Morgan fingerprint density at radius 1 is 1.30 bits per heavy atom. The smallest absolute Gasteiger partial charge is 0.422 e. The minimum absolute atomic E-state index is 0.229. The molecule has 1 saturated carbocycles. The first-order chi connectivity index (χ1) is 12.4. The lowest BCUT2D eigenvalue weighted by Gasteiger charge is -2.19. The third kappa shape index (κ3) is 3.66. The van der Waals surface area contributed by atoms with Crippen LogP contribution in [0.15, 0.2) is 9.59 Å². The van der Waals surface area contributed by atoms with Gasteiger partial charge in [-0.25, -0.2) is 15.0 Å². The molecule has 27 heavy (non-hydrogen) atoms. The van der Waals surface area contributed by atoms with Gasteiger partial charge in [-0.15, -0.1) is 11.3 Å². The van der Waals surface area contributed by atoms with Crippen LogP contribution < -0.4 is 22.1 Å². The van der Waals surface area contributed by atoms with Gasteiger partial charge in [-0.1, -0.05) is 0 Å². The van der Waals surface area contributed by atoms with Gasteiger partial charge in [0.05, 0.1) is 10.9 Å². The highest BCUT2D eigenvalue weighted by molar-refractivity contribution is 7.18. The average molecular weight is 394 g/mol. The Morgan fingerprint density at radius 3 is 2.48 bits per heavy atom. The van der Waals surface area contributed by atoms with Crippen molar-refractivity contribution in [2.24, 2.45) is 7.05 Å². The molecule has 8 nitrogen and oxygen atoms in total. The molecule has 1 aliphatic carbocycles. The van der Waals surface area contributed by atoms with Crippen molar-refractivity contribution in [3.05, 3.63) is 31.3 Å². The summed E-state index contributed by atoms with van der Waals surface area (Å²) >= 11 is 1.38. The van der Waals surface area contributed by atoms with E-state index in [4.69, 9.17) is 4.74 Å². The van der Waals surface area contributed by atoms with Crippen molar-refractivity contribution in [3.8, 4) is 0 Å². The van der Waals surface area contributed by atoms with Gasteiger partial charge in [0.2, 0.25) is 0 Å². The number of carbonyl (C=O) groups excluding carboxylic acids is 1. The number of hydrazine groups is 1. The van der Waals surface area contributed by atoms with Gasteiger partial charge < -0.3 is 4.74 Å². The maximum absolute atomic E-state index is 13.0. The normalized spacial score (nSPS) is 15.8. The summed E-state index contributed by atoms with van der Waals surface area (Å²) in [6, 6.07) is 0. The predicted molar refractivity (Wildman–Crippen MR) is 105 cm³/mol. The van der Waals surface area contributed by atoms with Crippen LogP contribution in [0, 0.1) is 6.92 Å². The molecule has 0 aromatic carbocycles. The number of rotatable bonds is 4. The summed E-state index contributed by atoms with van der Waals surface area (Å²) < 4.78 is 8.11. The van der Waals surface area contributed by atoms with Gasteiger partial charge >= 0.3 is 11.8 Å². The predicted octanol–water partition coefficient (Wildman–Crippen LogP) is 2.11. The number of aryl methyl sites for hydroxylation is 2. The largest absolute Gasteiger partial charge is 0.443 e. The summed E-state index contributed by atoms with van der Waals surface area (Å²) in [6.45, 7) is 9.50. The number of fused-ring (bicyclic) bond motifs is 1. The second kappa shape index (κ2) is 6.49. The molecular formula is C18H26N4O4S. The van der Waals surface area contributed by atoms with E-state index in [1.54, 1.807) is 32.4 Å². The van der Waals surface area contributed by atoms with Crippen LogP contribution in [0.5, 0.6) is 0 Å². The second-order valence-electron chi connectivity index (χ2n) is 8.29. The SMILES string of the molecule is Cc1c(CNNC(=O)OC(C)(C)C)sc2c1c(=O)n(C1(C)CC1)c(=O)n2C. The lowest BCUT2D eigenvalue weighted by molar-refractivity contribution is 0.0497. The Kier molecular flexibility index (Phi) is 4.72. The molecule has 2 heterocycles. The fraction of sp³-hybridized carbons (Fsp3) is 0.611. The van der Waals surface area contributed by atoms with E-state index in [1.165, 1.54) is 15.9 Å². The number of thiophene rings is 1. The highest BCUT2D eigenvalue weighted by Gasteiger charge is 2.42. The summed E-state index contributed by atoms with van der Waals surface area (Å²) in [5.41, 5.74) is 4.68. The Hall–Kier alpha value is -2.13. The molecule has 9 heteroatoms. The summed E-state index contributed by atoms with van der Waals surface area (Å²) in [5.74, 6) is 0. The van der Waals surface area contributed by atoms with Gasteiger partial charge in [-0.3, -0.25) is 19.4 Å². The number of hydrogen-bond donors (Lipinski definition) is 2. The van der Waals surface area contributed by atoms with Crippen LogP contribution in [0.3, 0.4) is 0 Å². The van der Waals surface area contributed by atoms with Gasteiger partial charge in [-0.2, -0.15) is 0 Å². The third-order valence-electron chi connectivity index (χ3n) is 4.78. The van der Waals surface area contributed by atoms with E-state index in [0.29, 0.717) is 16.8 Å². The standard InChI is InChI=1S/C18H26N4O4S/c1-10-11(9-19-20-15(24)26-17(2,3)4)27-14-12(10)13(23)22(16(25)21(14)6)18(5)7-8-18/h19H,7-9H2,1-6H3,(H,20,24). The van der Waals surface area contributed by atoms with Crippen molar-refractivity contribution in [1.82, 2.24) is 20.0 Å². The molecule has 0 unspecified atom stereocenters. The number of nitrogens with one attached hydrogen (secondary N) is 2. The van der Waals surface area contributed by atoms with Crippen LogP contribution in [-0.2, 0) is 23.9 Å². The van der Waals surface area contributed by atoms with Crippen LogP contribution >= 0.6 is 11.3 Å². The zero-order valence-electron chi connectivity index (χ0n) is 16.6. The lowest BCUT2D eigenvalue weighted by atomic mass is 10.2. The van der Waals surface area contributed by atoms with Crippen LogP contribution in [0.25, 0.3) is 10.2 Å². The highest BCUT2D eigenvalue weighted by atomic mass is 32.1. The number of ether oxygens (including phenoxy) is 1. The monoisotopic (exact) mass is 394 g/mol. The van der Waals surface area contributed by atoms with Gasteiger partial charge in [0.1, 0.15) is 10.4 Å². The maximum Gasteiger partial charge on any atom is 0.422 e. The molecule has 3 rings (SSSR count). The highest BCUT2D eigenvalue weighted by Crippen LogP contribution is 2.41. The quantitative estimate of drug-likeness (QED) is 0.775. The summed E-state index contributed by atoms with van der Waals surface area (Å²) in [6.07, 6.45) is 1.11. The zero-order valence-corrected chi connectivity index (χ0v) is 17.4. The number of aromatic nitrogens is 2. The van der Waals surface area contributed by atoms with Crippen molar-refractivity contribution in [1.29, 1.82) is 0 Å². The Morgan fingerprint density at radius 2 is 1.93 bits per heavy atom. The van der Waals surface area contributed by atoms with Crippen LogP contribution in [0.4, 0.5) is 4.79 Å². The molecule has 1 aliphatic rings. The van der Waals surface area contributed by atoms with Crippen molar-refractivity contribution in [2.75, 3.05) is 0 Å². The summed E-state index contributed by atoms with van der Waals surface area (Å²) in [7, 11) is 1.69. The van der Waals surface area contributed by atoms with Gasteiger partial charge in [0, 0.05) is 18.5 Å². The van der Waals surface area contributed by atoms with Crippen molar-refractivity contribution in [3.63, 3.8) is 0 Å². The molecule has 2 aromatic heterocycles. The Labute approximate surface area is 161 Å². The first kappa shape index (κ1) is 19.6. The topological polar surface area (TPSA) is 94.4 Å². The second-order valence-corrected chi connectivity index (χ2v) is 9.37. The number of amides is 1. The molecule has 1 fully saturated rings. The number of nitrogens with zero attached hydrogens (tertiary/aromatic N) is 2. The number of carbonyl (C=O) groups is 1. The van der Waals surface area contributed by atoms with E-state index < -0.39 is 11.7 Å². The van der Waals surface area contributed by atoms with Gasteiger partial charge in [0.15, 0.2) is 0 Å². The van der Waals surface area contributed by atoms with Crippen LogP contribution in [0.2, 0.25) is 0 Å². The molecule has 0 radical (unpaired) electrons. The average Bonchev–Trinajstić information content (AvgIpc) is 3.17. The van der Waals surface area contributed by atoms with Crippen LogP contribution in [-0.4, -0.2) is 20.8 Å². The molecule has 0 bridgehead atoms.